The normalized spacial score (nSPS) is 45.6. The Labute approximate surface area is 129 Å². The number of aliphatic hydroxyl groups is 2. The highest BCUT2D eigenvalue weighted by Gasteiger charge is 2.76. The van der Waals surface area contributed by atoms with Gasteiger partial charge in [-0.1, -0.05) is 0 Å². The second-order valence-corrected chi connectivity index (χ2v) is 7.92. The number of rotatable bonds is 4. The zero-order chi connectivity index (χ0) is 16.2. The molecule has 0 aromatic carbocycles. The summed E-state index contributed by atoms with van der Waals surface area (Å²) in [7, 11) is 2.76. The van der Waals surface area contributed by atoms with Gasteiger partial charge in [0.05, 0.1) is 25.0 Å². The molecule has 4 bridgehead atoms. The van der Waals surface area contributed by atoms with Crippen molar-refractivity contribution in [3.05, 3.63) is 0 Å². The Kier molecular flexibility index (Phi) is 3.35. The lowest BCUT2D eigenvalue weighted by atomic mass is 9.35. The number of carbonyl (C=O) groups excluding carboxylic acids is 2. The van der Waals surface area contributed by atoms with Crippen molar-refractivity contribution in [2.45, 2.75) is 38.5 Å². The number of hydrogen-bond donors (Lipinski definition) is 2. The van der Waals surface area contributed by atoms with Crippen LogP contribution in [-0.2, 0) is 19.1 Å². The minimum Gasteiger partial charge on any atom is -0.469 e. The van der Waals surface area contributed by atoms with E-state index >= 15 is 0 Å². The predicted molar refractivity (Wildman–Crippen MR) is 75.6 cm³/mol. The molecule has 6 fully saturated rings. The van der Waals surface area contributed by atoms with E-state index in [1.54, 1.807) is 0 Å². The van der Waals surface area contributed by atoms with Crippen molar-refractivity contribution >= 4 is 11.9 Å². The summed E-state index contributed by atoms with van der Waals surface area (Å²) in [5.74, 6) is -0.364. The Morgan fingerprint density at radius 3 is 1.32 bits per heavy atom. The molecule has 6 aliphatic rings. The van der Waals surface area contributed by atoms with E-state index in [-0.39, 0.29) is 33.6 Å². The lowest BCUT2D eigenvalue weighted by Gasteiger charge is -2.69. The molecule has 22 heavy (non-hydrogen) atoms. The third kappa shape index (κ3) is 1.86. The molecule has 0 radical (unpaired) electrons. The highest BCUT2D eigenvalue weighted by molar-refractivity contribution is 5.91. The molecule has 0 saturated heterocycles. The summed E-state index contributed by atoms with van der Waals surface area (Å²) in [4.78, 5) is 22.5. The van der Waals surface area contributed by atoms with Crippen LogP contribution in [0.5, 0.6) is 0 Å². The summed E-state index contributed by atoms with van der Waals surface area (Å²) in [6, 6.07) is 0. The van der Waals surface area contributed by atoms with Crippen molar-refractivity contribution < 1.29 is 29.3 Å². The SMILES string of the molecule is COC(=O)C12CC(C(=O)OC)(C1)C2.OCC12CC(CO)(C1)C2. The van der Waals surface area contributed by atoms with Gasteiger partial charge in [0, 0.05) is 13.2 Å². The van der Waals surface area contributed by atoms with E-state index in [1.807, 2.05) is 0 Å². The molecule has 6 nitrogen and oxygen atoms in total. The molecule has 0 heterocycles. The van der Waals surface area contributed by atoms with Gasteiger partial charge in [-0.05, 0) is 49.4 Å². The van der Waals surface area contributed by atoms with Crippen LogP contribution in [0.3, 0.4) is 0 Å². The molecule has 124 valence electrons. The van der Waals surface area contributed by atoms with Gasteiger partial charge < -0.3 is 19.7 Å². The average Bonchev–Trinajstić information content (AvgIpc) is 2.34. The number of esters is 2. The second-order valence-electron chi connectivity index (χ2n) is 7.92. The van der Waals surface area contributed by atoms with Crippen LogP contribution < -0.4 is 0 Å². The fourth-order valence-electron chi connectivity index (χ4n) is 5.22. The molecule has 0 atom stereocenters. The fraction of sp³-hybridized carbons (Fsp3) is 0.875. The summed E-state index contributed by atoms with van der Waals surface area (Å²) in [6.45, 7) is 0.656. The molecule has 0 unspecified atom stereocenters. The topological polar surface area (TPSA) is 93.1 Å². The van der Waals surface area contributed by atoms with Crippen LogP contribution in [0.15, 0.2) is 0 Å². The zero-order valence-electron chi connectivity index (χ0n) is 13.2. The first kappa shape index (κ1) is 15.7. The smallest absolute Gasteiger partial charge is 0.311 e. The largest absolute Gasteiger partial charge is 0.469 e. The van der Waals surface area contributed by atoms with E-state index < -0.39 is 0 Å². The van der Waals surface area contributed by atoms with E-state index in [0.717, 1.165) is 19.3 Å². The van der Waals surface area contributed by atoms with Crippen molar-refractivity contribution in [1.82, 2.24) is 0 Å². The van der Waals surface area contributed by atoms with Crippen molar-refractivity contribution in [2.24, 2.45) is 21.7 Å². The van der Waals surface area contributed by atoms with E-state index in [2.05, 4.69) is 9.47 Å². The van der Waals surface area contributed by atoms with Gasteiger partial charge in [-0.2, -0.15) is 0 Å². The minimum absolute atomic E-state index is 0.182. The summed E-state index contributed by atoms with van der Waals surface area (Å²) in [6.07, 6.45) is 5.02. The average molecular weight is 312 g/mol. The van der Waals surface area contributed by atoms with Crippen molar-refractivity contribution in [1.29, 1.82) is 0 Å². The highest BCUT2D eigenvalue weighted by Crippen LogP contribution is 2.74. The number of ether oxygens (including phenoxy) is 2. The van der Waals surface area contributed by atoms with Gasteiger partial charge in [0.2, 0.25) is 0 Å². The maximum Gasteiger partial charge on any atom is 0.311 e. The van der Waals surface area contributed by atoms with Crippen molar-refractivity contribution in [3.8, 4) is 0 Å². The molecule has 0 aromatic heterocycles. The van der Waals surface area contributed by atoms with E-state index in [4.69, 9.17) is 10.2 Å². The maximum atomic E-state index is 11.2. The molecule has 6 saturated carbocycles. The number of hydrogen-bond acceptors (Lipinski definition) is 6. The van der Waals surface area contributed by atoms with Crippen LogP contribution in [0.2, 0.25) is 0 Å². The lowest BCUT2D eigenvalue weighted by Crippen LogP contribution is -2.69. The fourth-order valence-corrected chi connectivity index (χ4v) is 5.22. The van der Waals surface area contributed by atoms with Crippen LogP contribution in [0.1, 0.15) is 38.5 Å². The Bertz CT molecular complexity index is 431. The molecule has 2 N–H and O–H groups in total. The molecule has 0 spiro atoms. The molecular weight excluding hydrogens is 288 g/mol. The zero-order valence-corrected chi connectivity index (χ0v) is 13.2. The second kappa shape index (κ2) is 4.68. The molecular formula is C16H24O6. The number of aliphatic hydroxyl groups excluding tert-OH is 2. The molecule has 6 heteroatoms. The minimum atomic E-state index is -0.344. The Morgan fingerprint density at radius 2 is 1.09 bits per heavy atom. The van der Waals surface area contributed by atoms with Crippen LogP contribution >= 0.6 is 0 Å². The third-order valence-electron chi connectivity index (χ3n) is 6.19. The molecule has 0 aliphatic heterocycles. The van der Waals surface area contributed by atoms with Gasteiger partial charge in [-0.25, -0.2) is 0 Å². The van der Waals surface area contributed by atoms with Crippen LogP contribution in [0.4, 0.5) is 0 Å². The molecule has 0 amide bonds. The Morgan fingerprint density at radius 1 is 0.773 bits per heavy atom. The first-order valence-electron chi connectivity index (χ1n) is 7.72. The number of carbonyl (C=O) groups is 2. The Balaban J connectivity index is 0.000000139. The number of methoxy groups -OCH3 is 2. The monoisotopic (exact) mass is 312 g/mol. The molecule has 0 aromatic rings. The van der Waals surface area contributed by atoms with Gasteiger partial charge in [-0.3, -0.25) is 9.59 Å². The van der Waals surface area contributed by atoms with Gasteiger partial charge in [0.15, 0.2) is 0 Å². The maximum absolute atomic E-state index is 11.2. The van der Waals surface area contributed by atoms with Gasteiger partial charge >= 0.3 is 11.9 Å². The van der Waals surface area contributed by atoms with Crippen molar-refractivity contribution in [3.63, 3.8) is 0 Å². The lowest BCUT2D eigenvalue weighted by molar-refractivity contribution is -0.239. The van der Waals surface area contributed by atoms with Gasteiger partial charge in [-0.15, -0.1) is 0 Å². The summed E-state index contributed by atoms with van der Waals surface area (Å²) in [5.41, 5.74) is -0.155. The molecule has 6 rings (SSSR count). The summed E-state index contributed by atoms with van der Waals surface area (Å²) < 4.78 is 9.32. The standard InChI is InChI=1S/C9H12O4.C7H12O2/c1-12-6(10)8-3-9(4-8,5-8)7(11)13-2;8-4-6-1-7(2-6,3-6)5-9/h3-5H2,1-2H3;8-9H,1-5H2. The third-order valence-corrected chi connectivity index (χ3v) is 6.19. The van der Waals surface area contributed by atoms with E-state index in [0.29, 0.717) is 32.5 Å². The quantitative estimate of drug-likeness (QED) is 0.740. The van der Waals surface area contributed by atoms with Gasteiger partial charge in [0.1, 0.15) is 0 Å². The van der Waals surface area contributed by atoms with E-state index in [1.165, 1.54) is 14.2 Å². The molecule has 6 aliphatic carbocycles. The first-order chi connectivity index (χ1) is 10.3. The van der Waals surface area contributed by atoms with Crippen LogP contribution in [0.25, 0.3) is 0 Å². The Hall–Kier alpha value is -1.14. The van der Waals surface area contributed by atoms with E-state index in [9.17, 15) is 9.59 Å². The van der Waals surface area contributed by atoms with Crippen molar-refractivity contribution in [2.75, 3.05) is 27.4 Å². The first-order valence-corrected chi connectivity index (χ1v) is 7.72. The van der Waals surface area contributed by atoms with Crippen LogP contribution in [-0.4, -0.2) is 49.6 Å². The van der Waals surface area contributed by atoms with Crippen LogP contribution in [0, 0.1) is 21.7 Å². The summed E-state index contributed by atoms with van der Waals surface area (Å²) in [5, 5.41) is 17.6. The predicted octanol–water partition coefficient (Wildman–Crippen LogP) is 0.644. The highest BCUT2D eigenvalue weighted by atomic mass is 16.5. The summed E-state index contributed by atoms with van der Waals surface area (Å²) >= 11 is 0. The van der Waals surface area contributed by atoms with Gasteiger partial charge in [0.25, 0.3) is 0 Å².